The number of pyridine rings is 1. The second kappa shape index (κ2) is 9.38. The summed E-state index contributed by atoms with van der Waals surface area (Å²) in [5.41, 5.74) is 1.81. The number of hydrogen-bond acceptors (Lipinski definition) is 5. The van der Waals surface area contributed by atoms with Crippen LogP contribution in [-0.4, -0.2) is 53.9 Å². The van der Waals surface area contributed by atoms with Crippen LogP contribution in [0.25, 0.3) is 10.9 Å². The van der Waals surface area contributed by atoms with Crippen LogP contribution in [0.2, 0.25) is 0 Å². The monoisotopic (exact) mass is 371 g/mol. The minimum atomic E-state index is -0.422. The molecule has 1 unspecified atom stereocenters. The van der Waals surface area contributed by atoms with Crippen LogP contribution in [0.1, 0.15) is 39.5 Å². The molecule has 148 valence electrons. The summed E-state index contributed by atoms with van der Waals surface area (Å²) in [6, 6.07) is 8.50. The average molecular weight is 372 g/mol. The molecule has 1 heterocycles. The Labute approximate surface area is 162 Å². The van der Waals surface area contributed by atoms with Gasteiger partial charge in [0.2, 0.25) is 0 Å². The molecule has 0 spiro atoms. The highest BCUT2D eigenvalue weighted by Gasteiger charge is 2.25. The number of anilines is 1. The van der Waals surface area contributed by atoms with Gasteiger partial charge in [-0.25, -0.2) is 0 Å². The third kappa shape index (κ3) is 5.33. The first kappa shape index (κ1) is 19.9. The van der Waals surface area contributed by atoms with Crippen molar-refractivity contribution in [2.75, 3.05) is 32.1 Å². The van der Waals surface area contributed by atoms with Gasteiger partial charge in [-0.3, -0.25) is 9.88 Å². The van der Waals surface area contributed by atoms with Crippen molar-refractivity contribution in [1.29, 1.82) is 0 Å². The number of nitrogens with one attached hydrogen (secondary N) is 1. The van der Waals surface area contributed by atoms with Crippen LogP contribution in [0.3, 0.4) is 0 Å². The van der Waals surface area contributed by atoms with Crippen molar-refractivity contribution >= 4 is 16.6 Å². The molecule has 27 heavy (non-hydrogen) atoms. The molecule has 0 amide bonds. The van der Waals surface area contributed by atoms with Crippen molar-refractivity contribution < 1.29 is 9.84 Å². The molecule has 1 atom stereocenters. The van der Waals surface area contributed by atoms with Gasteiger partial charge < -0.3 is 15.2 Å². The number of benzene rings is 1. The largest absolute Gasteiger partial charge is 0.497 e. The van der Waals surface area contributed by atoms with Gasteiger partial charge in [-0.1, -0.05) is 32.8 Å². The van der Waals surface area contributed by atoms with Crippen LogP contribution in [0.4, 0.5) is 5.69 Å². The van der Waals surface area contributed by atoms with Crippen LogP contribution in [0.5, 0.6) is 5.75 Å². The lowest BCUT2D eigenvalue weighted by molar-refractivity contribution is 0.0868. The van der Waals surface area contributed by atoms with E-state index in [2.05, 4.69) is 29.0 Å². The van der Waals surface area contributed by atoms with E-state index in [4.69, 9.17) is 4.74 Å². The highest BCUT2D eigenvalue weighted by Crippen LogP contribution is 2.28. The molecular weight excluding hydrogens is 338 g/mol. The van der Waals surface area contributed by atoms with Gasteiger partial charge in [-0.2, -0.15) is 0 Å². The lowest BCUT2D eigenvalue weighted by Crippen LogP contribution is -2.43. The van der Waals surface area contributed by atoms with Gasteiger partial charge in [-0.15, -0.1) is 0 Å². The van der Waals surface area contributed by atoms with E-state index in [0.717, 1.165) is 28.9 Å². The normalized spacial score (nSPS) is 16.4. The average Bonchev–Trinajstić information content (AvgIpc) is 3.19. The third-order valence-corrected chi connectivity index (χ3v) is 5.33. The summed E-state index contributed by atoms with van der Waals surface area (Å²) in [5, 5.41) is 15.1. The Balaban J connectivity index is 1.65. The van der Waals surface area contributed by atoms with E-state index < -0.39 is 6.10 Å². The standard InChI is InChI=1S/C22H33N3O2/c1-16(2)14-25(18-8-4-5-9-18)15-19(26)13-24-21-12-20(27-3)11-17-7-6-10-23-22(17)21/h6-7,10-12,16,18-19,24,26H,4-5,8-9,13-15H2,1-3H3. The number of rotatable bonds is 9. The zero-order valence-corrected chi connectivity index (χ0v) is 16.8. The van der Waals surface area contributed by atoms with Gasteiger partial charge in [0.05, 0.1) is 24.4 Å². The molecule has 2 N–H and O–H groups in total. The molecule has 1 aromatic carbocycles. The van der Waals surface area contributed by atoms with E-state index in [1.165, 1.54) is 25.7 Å². The molecule has 5 nitrogen and oxygen atoms in total. The molecule has 3 rings (SSSR count). The quantitative estimate of drug-likeness (QED) is 0.700. The lowest BCUT2D eigenvalue weighted by Gasteiger charge is -2.32. The van der Waals surface area contributed by atoms with Crippen LogP contribution < -0.4 is 10.1 Å². The second-order valence-corrected chi connectivity index (χ2v) is 8.07. The summed E-state index contributed by atoms with van der Waals surface area (Å²) < 4.78 is 5.41. The maximum atomic E-state index is 10.7. The summed E-state index contributed by atoms with van der Waals surface area (Å²) in [5.74, 6) is 1.40. The van der Waals surface area contributed by atoms with Gasteiger partial charge in [0.15, 0.2) is 0 Å². The van der Waals surface area contributed by atoms with Crippen LogP contribution >= 0.6 is 0 Å². The van der Waals surface area contributed by atoms with E-state index in [1.54, 1.807) is 13.3 Å². The van der Waals surface area contributed by atoms with Crippen molar-refractivity contribution in [3.63, 3.8) is 0 Å². The number of fused-ring (bicyclic) bond motifs is 1. The van der Waals surface area contributed by atoms with E-state index in [9.17, 15) is 5.11 Å². The van der Waals surface area contributed by atoms with E-state index in [1.807, 2.05) is 24.3 Å². The number of aromatic nitrogens is 1. The molecule has 5 heteroatoms. The Morgan fingerprint density at radius 3 is 2.74 bits per heavy atom. The van der Waals surface area contributed by atoms with E-state index >= 15 is 0 Å². The number of ether oxygens (including phenoxy) is 1. The van der Waals surface area contributed by atoms with Crippen molar-refractivity contribution in [1.82, 2.24) is 9.88 Å². The maximum absolute atomic E-state index is 10.7. The Kier molecular flexibility index (Phi) is 6.91. The fourth-order valence-electron chi connectivity index (χ4n) is 4.09. The molecule has 2 aromatic rings. The summed E-state index contributed by atoms with van der Waals surface area (Å²) in [7, 11) is 1.67. The van der Waals surface area contributed by atoms with Crippen LogP contribution in [0.15, 0.2) is 30.5 Å². The first-order valence-corrected chi connectivity index (χ1v) is 10.2. The minimum absolute atomic E-state index is 0.422. The molecule has 0 saturated heterocycles. The maximum Gasteiger partial charge on any atom is 0.121 e. The number of aliphatic hydroxyl groups is 1. The fourth-order valence-corrected chi connectivity index (χ4v) is 4.09. The Hall–Kier alpha value is -1.85. The predicted molar refractivity (Wildman–Crippen MR) is 111 cm³/mol. The van der Waals surface area contributed by atoms with Gasteiger partial charge in [0, 0.05) is 43.3 Å². The third-order valence-electron chi connectivity index (χ3n) is 5.33. The van der Waals surface area contributed by atoms with Gasteiger partial charge in [0.1, 0.15) is 5.75 Å². The van der Waals surface area contributed by atoms with E-state index in [-0.39, 0.29) is 0 Å². The molecule has 1 aliphatic rings. The summed E-state index contributed by atoms with van der Waals surface area (Å²) in [6.45, 7) is 6.76. The predicted octanol–water partition coefficient (Wildman–Crippen LogP) is 3.92. The summed E-state index contributed by atoms with van der Waals surface area (Å²) in [6.07, 6.45) is 6.52. The van der Waals surface area contributed by atoms with Gasteiger partial charge in [-0.05, 0) is 30.9 Å². The van der Waals surface area contributed by atoms with Crippen molar-refractivity contribution in [3.8, 4) is 5.75 Å². The summed E-state index contributed by atoms with van der Waals surface area (Å²) >= 11 is 0. The van der Waals surface area contributed by atoms with Gasteiger partial charge in [0.25, 0.3) is 0 Å². The smallest absolute Gasteiger partial charge is 0.121 e. The lowest BCUT2D eigenvalue weighted by atomic mass is 10.1. The molecule has 1 saturated carbocycles. The fraction of sp³-hybridized carbons (Fsp3) is 0.591. The SMILES string of the molecule is COc1cc(NCC(O)CN(CC(C)C)C2CCCC2)c2ncccc2c1. The highest BCUT2D eigenvalue weighted by atomic mass is 16.5. The zero-order valence-electron chi connectivity index (χ0n) is 16.8. The number of aliphatic hydroxyl groups excluding tert-OH is 1. The Morgan fingerprint density at radius 1 is 1.26 bits per heavy atom. The molecule has 1 aromatic heterocycles. The van der Waals surface area contributed by atoms with Crippen molar-refractivity contribution in [2.45, 2.75) is 51.7 Å². The van der Waals surface area contributed by atoms with Crippen molar-refractivity contribution in [3.05, 3.63) is 30.5 Å². The Morgan fingerprint density at radius 2 is 2.04 bits per heavy atom. The molecule has 0 bridgehead atoms. The summed E-state index contributed by atoms with van der Waals surface area (Å²) in [4.78, 5) is 6.98. The molecule has 0 radical (unpaired) electrons. The first-order chi connectivity index (χ1) is 13.1. The molecule has 1 fully saturated rings. The molecule has 1 aliphatic carbocycles. The first-order valence-electron chi connectivity index (χ1n) is 10.2. The number of hydrogen-bond donors (Lipinski definition) is 2. The highest BCUT2D eigenvalue weighted by molar-refractivity contribution is 5.91. The van der Waals surface area contributed by atoms with Crippen LogP contribution in [-0.2, 0) is 0 Å². The number of nitrogens with zero attached hydrogens (tertiary/aromatic N) is 2. The molecular formula is C22H33N3O2. The minimum Gasteiger partial charge on any atom is -0.497 e. The second-order valence-electron chi connectivity index (χ2n) is 8.07. The molecule has 0 aliphatic heterocycles. The van der Waals surface area contributed by atoms with Crippen LogP contribution in [0, 0.1) is 5.92 Å². The van der Waals surface area contributed by atoms with E-state index in [0.29, 0.717) is 25.0 Å². The van der Waals surface area contributed by atoms with Crippen molar-refractivity contribution in [2.24, 2.45) is 5.92 Å². The number of methoxy groups -OCH3 is 1. The van der Waals surface area contributed by atoms with Gasteiger partial charge >= 0.3 is 0 Å². The zero-order chi connectivity index (χ0) is 19.2. The Bertz CT molecular complexity index is 729. The topological polar surface area (TPSA) is 57.6 Å².